The molecule has 2 amide bonds. The highest BCUT2D eigenvalue weighted by Crippen LogP contribution is 2.19. The molecule has 0 unspecified atom stereocenters. The lowest BCUT2D eigenvalue weighted by molar-refractivity contribution is -0.119. The van der Waals surface area contributed by atoms with Crippen LogP contribution in [0, 0.1) is 5.41 Å². The van der Waals surface area contributed by atoms with E-state index in [-0.39, 0.29) is 11.3 Å². The van der Waals surface area contributed by atoms with E-state index in [1.165, 1.54) is 6.07 Å². The monoisotopic (exact) mass is 249 g/mol. The van der Waals surface area contributed by atoms with Gasteiger partial charge < -0.3 is 16.8 Å². The minimum atomic E-state index is -0.630. The predicted octanol–water partition coefficient (Wildman–Crippen LogP) is 1.10. The van der Waals surface area contributed by atoms with Crippen LogP contribution in [0.2, 0.25) is 0 Å². The van der Waals surface area contributed by atoms with Crippen LogP contribution in [0.15, 0.2) is 24.3 Å². The van der Waals surface area contributed by atoms with Gasteiger partial charge in [0.05, 0.1) is 6.04 Å². The van der Waals surface area contributed by atoms with Crippen LogP contribution in [0.5, 0.6) is 0 Å². The smallest absolute Gasteiger partial charge is 0.248 e. The average molecular weight is 249 g/mol. The fourth-order valence-electron chi connectivity index (χ4n) is 1.36. The molecule has 0 spiro atoms. The van der Waals surface area contributed by atoms with Crippen molar-refractivity contribution in [3.05, 3.63) is 29.8 Å². The number of hydrogen-bond donors (Lipinski definition) is 3. The molecule has 18 heavy (non-hydrogen) atoms. The lowest BCUT2D eigenvalue weighted by Gasteiger charge is -2.25. The van der Waals surface area contributed by atoms with E-state index in [4.69, 9.17) is 11.5 Å². The van der Waals surface area contributed by atoms with Gasteiger partial charge in [0.15, 0.2) is 0 Å². The second kappa shape index (κ2) is 5.18. The van der Waals surface area contributed by atoms with Crippen molar-refractivity contribution in [1.82, 2.24) is 0 Å². The Morgan fingerprint density at radius 1 is 1.28 bits per heavy atom. The summed E-state index contributed by atoms with van der Waals surface area (Å²) >= 11 is 0. The molecule has 5 nitrogen and oxygen atoms in total. The molecule has 0 heterocycles. The Morgan fingerprint density at radius 3 is 2.39 bits per heavy atom. The summed E-state index contributed by atoms with van der Waals surface area (Å²) in [7, 11) is 0. The van der Waals surface area contributed by atoms with Crippen molar-refractivity contribution in [3.63, 3.8) is 0 Å². The molecule has 0 radical (unpaired) electrons. The molecule has 0 aliphatic heterocycles. The first-order chi connectivity index (χ1) is 8.21. The van der Waals surface area contributed by atoms with E-state index >= 15 is 0 Å². The number of benzene rings is 1. The Bertz CT molecular complexity index is 464. The molecule has 1 aromatic rings. The summed E-state index contributed by atoms with van der Waals surface area (Å²) in [4.78, 5) is 22.9. The van der Waals surface area contributed by atoms with E-state index in [0.29, 0.717) is 11.3 Å². The number of anilines is 1. The molecule has 0 aliphatic rings. The lowest BCUT2D eigenvalue weighted by Crippen LogP contribution is -2.45. The van der Waals surface area contributed by atoms with Gasteiger partial charge in [-0.1, -0.05) is 26.8 Å². The number of carbonyl (C=O) groups excluding carboxylic acids is 2. The summed E-state index contributed by atoms with van der Waals surface area (Å²) in [5.41, 5.74) is 11.5. The highest BCUT2D eigenvalue weighted by atomic mass is 16.2. The van der Waals surface area contributed by atoms with Crippen LogP contribution in [0.1, 0.15) is 31.1 Å². The molecule has 1 atom stereocenters. The maximum Gasteiger partial charge on any atom is 0.248 e. The van der Waals surface area contributed by atoms with Crippen LogP contribution >= 0.6 is 0 Å². The van der Waals surface area contributed by atoms with E-state index in [9.17, 15) is 9.59 Å². The molecular formula is C13H19N3O2. The first-order valence-electron chi connectivity index (χ1n) is 5.68. The SMILES string of the molecule is CC(C)(C)[C@@H](N)C(=O)Nc1cccc(C(N)=O)c1. The third-order valence-corrected chi connectivity index (χ3v) is 2.63. The van der Waals surface area contributed by atoms with Gasteiger partial charge in [-0.3, -0.25) is 9.59 Å². The molecule has 0 aromatic heterocycles. The Hall–Kier alpha value is -1.88. The quantitative estimate of drug-likeness (QED) is 0.748. The Labute approximate surface area is 107 Å². The first-order valence-corrected chi connectivity index (χ1v) is 5.68. The number of nitrogens with two attached hydrogens (primary N) is 2. The molecule has 5 N–H and O–H groups in total. The Kier molecular flexibility index (Phi) is 4.08. The van der Waals surface area contributed by atoms with Crippen molar-refractivity contribution in [2.75, 3.05) is 5.32 Å². The molecule has 1 rings (SSSR count). The zero-order chi connectivity index (χ0) is 13.9. The minimum absolute atomic E-state index is 0.288. The van der Waals surface area contributed by atoms with Crippen molar-refractivity contribution in [2.24, 2.45) is 16.9 Å². The molecule has 0 saturated heterocycles. The van der Waals surface area contributed by atoms with Gasteiger partial charge in [0.25, 0.3) is 0 Å². The second-order valence-corrected chi connectivity index (χ2v) is 5.28. The van der Waals surface area contributed by atoms with Gasteiger partial charge in [0, 0.05) is 11.3 Å². The van der Waals surface area contributed by atoms with E-state index in [1.54, 1.807) is 18.2 Å². The van der Waals surface area contributed by atoms with Gasteiger partial charge in [-0.05, 0) is 23.6 Å². The summed E-state index contributed by atoms with van der Waals surface area (Å²) in [6, 6.07) is 5.81. The van der Waals surface area contributed by atoms with Crippen molar-refractivity contribution in [2.45, 2.75) is 26.8 Å². The van der Waals surface area contributed by atoms with Gasteiger partial charge >= 0.3 is 0 Å². The van der Waals surface area contributed by atoms with Crippen molar-refractivity contribution < 1.29 is 9.59 Å². The maximum absolute atomic E-state index is 11.9. The molecule has 0 fully saturated rings. The van der Waals surface area contributed by atoms with Gasteiger partial charge in [0.2, 0.25) is 11.8 Å². The number of nitrogens with one attached hydrogen (secondary N) is 1. The van der Waals surface area contributed by atoms with E-state index in [2.05, 4.69) is 5.32 Å². The molecule has 0 saturated carbocycles. The number of hydrogen-bond acceptors (Lipinski definition) is 3. The zero-order valence-electron chi connectivity index (χ0n) is 10.9. The summed E-state index contributed by atoms with van der Waals surface area (Å²) in [5, 5.41) is 2.67. The minimum Gasteiger partial charge on any atom is -0.366 e. The maximum atomic E-state index is 11.9. The van der Waals surface area contributed by atoms with Crippen molar-refractivity contribution in [1.29, 1.82) is 0 Å². The normalized spacial score (nSPS) is 12.9. The van der Waals surface area contributed by atoms with E-state index < -0.39 is 11.9 Å². The third-order valence-electron chi connectivity index (χ3n) is 2.63. The number of rotatable bonds is 3. The lowest BCUT2D eigenvalue weighted by atomic mass is 9.87. The van der Waals surface area contributed by atoms with E-state index in [1.807, 2.05) is 20.8 Å². The highest BCUT2D eigenvalue weighted by Gasteiger charge is 2.27. The predicted molar refractivity (Wildman–Crippen MR) is 71.0 cm³/mol. The fraction of sp³-hybridized carbons (Fsp3) is 0.385. The van der Waals surface area contributed by atoms with Gasteiger partial charge in [-0.15, -0.1) is 0 Å². The van der Waals surface area contributed by atoms with Gasteiger partial charge in [-0.2, -0.15) is 0 Å². The molecular weight excluding hydrogens is 230 g/mol. The average Bonchev–Trinajstić information content (AvgIpc) is 2.27. The number of amides is 2. The Balaban J connectivity index is 2.82. The number of primary amides is 1. The van der Waals surface area contributed by atoms with E-state index in [0.717, 1.165) is 0 Å². The summed E-state index contributed by atoms with van der Waals surface area (Å²) in [5.74, 6) is -0.824. The van der Waals surface area contributed by atoms with Crippen LogP contribution in [-0.2, 0) is 4.79 Å². The van der Waals surface area contributed by atoms with Crippen molar-refractivity contribution >= 4 is 17.5 Å². The largest absolute Gasteiger partial charge is 0.366 e. The zero-order valence-corrected chi connectivity index (χ0v) is 10.9. The summed E-state index contributed by atoms with van der Waals surface area (Å²) < 4.78 is 0. The topological polar surface area (TPSA) is 98.2 Å². The van der Waals surface area contributed by atoms with Gasteiger partial charge in [0.1, 0.15) is 0 Å². The van der Waals surface area contributed by atoms with Crippen LogP contribution in [-0.4, -0.2) is 17.9 Å². The first kappa shape index (κ1) is 14.2. The standard InChI is InChI=1S/C13H19N3O2/c1-13(2,3)10(14)12(18)16-9-6-4-5-8(7-9)11(15)17/h4-7,10H,14H2,1-3H3,(H2,15,17)(H,16,18)/t10-/m0/s1. The fourth-order valence-corrected chi connectivity index (χ4v) is 1.36. The third kappa shape index (κ3) is 3.56. The van der Waals surface area contributed by atoms with Crippen LogP contribution in [0.4, 0.5) is 5.69 Å². The molecule has 0 bridgehead atoms. The van der Waals surface area contributed by atoms with Gasteiger partial charge in [-0.25, -0.2) is 0 Å². The second-order valence-electron chi connectivity index (χ2n) is 5.28. The highest BCUT2D eigenvalue weighted by molar-refractivity contribution is 5.98. The summed E-state index contributed by atoms with van der Waals surface area (Å²) in [6.07, 6.45) is 0. The van der Waals surface area contributed by atoms with Crippen molar-refractivity contribution in [3.8, 4) is 0 Å². The molecule has 98 valence electrons. The molecule has 5 heteroatoms. The van der Waals surface area contributed by atoms with Crippen LogP contribution in [0.3, 0.4) is 0 Å². The Morgan fingerprint density at radius 2 is 1.89 bits per heavy atom. The van der Waals surface area contributed by atoms with Crippen LogP contribution < -0.4 is 16.8 Å². The molecule has 1 aromatic carbocycles. The molecule has 0 aliphatic carbocycles. The van der Waals surface area contributed by atoms with Crippen LogP contribution in [0.25, 0.3) is 0 Å². The number of carbonyl (C=O) groups is 2. The summed E-state index contributed by atoms with van der Waals surface area (Å²) in [6.45, 7) is 5.66.